The Labute approximate surface area is 148 Å². The van der Waals surface area contributed by atoms with E-state index >= 15 is 0 Å². The number of carbonyl (C=O) groups is 1. The van der Waals surface area contributed by atoms with Crippen LogP contribution in [0, 0.1) is 0 Å². The minimum atomic E-state index is 0.0534. The number of hydrogen-bond acceptors (Lipinski definition) is 5. The molecule has 6 heteroatoms. The highest BCUT2D eigenvalue weighted by Crippen LogP contribution is 2.34. The van der Waals surface area contributed by atoms with Gasteiger partial charge in [-0.25, -0.2) is 0 Å². The zero-order valence-electron chi connectivity index (χ0n) is 14.9. The average Bonchev–Trinajstić information content (AvgIpc) is 3.38. The minimum absolute atomic E-state index is 0.0534. The molecule has 1 aliphatic carbocycles. The summed E-state index contributed by atoms with van der Waals surface area (Å²) in [6.07, 6.45) is 4.80. The van der Waals surface area contributed by atoms with Crippen molar-refractivity contribution in [2.24, 2.45) is 0 Å². The van der Waals surface area contributed by atoms with E-state index in [1.54, 1.807) is 13.2 Å². The molecule has 6 nitrogen and oxygen atoms in total. The summed E-state index contributed by atoms with van der Waals surface area (Å²) < 4.78 is 16.2. The Kier molecular flexibility index (Phi) is 4.56. The number of methoxy groups -OCH3 is 1. The van der Waals surface area contributed by atoms with Crippen molar-refractivity contribution in [3.63, 3.8) is 0 Å². The third-order valence-electron chi connectivity index (χ3n) is 5.86. The number of likely N-dealkylation sites (N-methyl/N-ethyl adjacent to an activating group) is 1. The molecule has 2 aliphatic heterocycles. The standard InChI is InChI=1S/C19H26N2O4/c1-20(19(22)13-6-7-17-18(10-13)25-12-24-17)15-4-3-5-16(15)21-9-8-14(11-21)23-2/h6-7,10,14-16H,3-5,8-9,11-12H2,1-2H3/t14?,15-,16+/m1/s1. The van der Waals surface area contributed by atoms with Crippen molar-refractivity contribution < 1.29 is 19.0 Å². The lowest BCUT2D eigenvalue weighted by Crippen LogP contribution is -2.49. The number of ether oxygens (including phenoxy) is 3. The van der Waals surface area contributed by atoms with Crippen LogP contribution in [-0.4, -0.2) is 67.9 Å². The summed E-state index contributed by atoms with van der Waals surface area (Å²) in [7, 11) is 3.72. The van der Waals surface area contributed by atoms with Gasteiger partial charge >= 0.3 is 0 Å². The fourth-order valence-corrected chi connectivity index (χ4v) is 4.43. The molecule has 1 saturated heterocycles. The van der Waals surface area contributed by atoms with Gasteiger partial charge < -0.3 is 19.1 Å². The first kappa shape index (κ1) is 16.7. The average molecular weight is 346 g/mol. The quantitative estimate of drug-likeness (QED) is 0.836. The van der Waals surface area contributed by atoms with E-state index in [1.807, 2.05) is 24.1 Å². The summed E-state index contributed by atoms with van der Waals surface area (Å²) in [6.45, 7) is 2.26. The normalized spacial score (nSPS) is 28.5. The topological polar surface area (TPSA) is 51.2 Å². The first-order chi connectivity index (χ1) is 12.2. The highest BCUT2D eigenvalue weighted by molar-refractivity contribution is 5.95. The van der Waals surface area contributed by atoms with Gasteiger partial charge in [0, 0.05) is 44.9 Å². The van der Waals surface area contributed by atoms with E-state index in [1.165, 1.54) is 6.42 Å². The van der Waals surface area contributed by atoms with Gasteiger partial charge in [0.2, 0.25) is 6.79 Å². The van der Waals surface area contributed by atoms with Crippen LogP contribution in [0.1, 0.15) is 36.0 Å². The highest BCUT2D eigenvalue weighted by atomic mass is 16.7. The fourth-order valence-electron chi connectivity index (χ4n) is 4.43. The van der Waals surface area contributed by atoms with Crippen molar-refractivity contribution in [3.05, 3.63) is 23.8 Å². The van der Waals surface area contributed by atoms with E-state index in [2.05, 4.69) is 4.90 Å². The number of likely N-dealkylation sites (tertiary alicyclic amines) is 1. The molecular formula is C19H26N2O4. The summed E-state index contributed by atoms with van der Waals surface area (Å²) in [6, 6.07) is 6.13. The van der Waals surface area contributed by atoms with Gasteiger partial charge in [0.25, 0.3) is 5.91 Å². The van der Waals surface area contributed by atoms with E-state index in [9.17, 15) is 4.79 Å². The van der Waals surface area contributed by atoms with Crippen LogP contribution >= 0.6 is 0 Å². The SMILES string of the molecule is COC1CCN([C@H]2CCC[C@H]2N(C)C(=O)c2ccc3c(c2)OCO3)C1. The lowest BCUT2D eigenvalue weighted by molar-refractivity contribution is 0.0605. The summed E-state index contributed by atoms with van der Waals surface area (Å²) >= 11 is 0. The van der Waals surface area contributed by atoms with E-state index in [0.717, 1.165) is 32.4 Å². The number of fused-ring (bicyclic) bond motifs is 1. The maximum Gasteiger partial charge on any atom is 0.254 e. The van der Waals surface area contributed by atoms with Gasteiger partial charge in [0.15, 0.2) is 11.5 Å². The van der Waals surface area contributed by atoms with Crippen LogP contribution in [0.4, 0.5) is 0 Å². The highest BCUT2D eigenvalue weighted by Gasteiger charge is 2.39. The van der Waals surface area contributed by atoms with Crippen LogP contribution in [0.5, 0.6) is 11.5 Å². The molecule has 0 N–H and O–H groups in total. The Morgan fingerprint density at radius 1 is 1.24 bits per heavy atom. The van der Waals surface area contributed by atoms with Gasteiger partial charge in [-0.05, 0) is 43.9 Å². The van der Waals surface area contributed by atoms with Gasteiger partial charge in [-0.1, -0.05) is 0 Å². The van der Waals surface area contributed by atoms with Crippen molar-refractivity contribution >= 4 is 5.91 Å². The van der Waals surface area contributed by atoms with E-state index in [4.69, 9.17) is 14.2 Å². The molecule has 2 heterocycles. The van der Waals surface area contributed by atoms with Gasteiger partial charge in [0.05, 0.1) is 6.10 Å². The van der Waals surface area contributed by atoms with Gasteiger partial charge in [-0.3, -0.25) is 9.69 Å². The number of amides is 1. The molecule has 2 fully saturated rings. The van der Waals surface area contributed by atoms with Gasteiger partial charge in [-0.15, -0.1) is 0 Å². The Morgan fingerprint density at radius 2 is 2.08 bits per heavy atom. The van der Waals surface area contributed by atoms with Crippen LogP contribution in [0.25, 0.3) is 0 Å². The number of benzene rings is 1. The van der Waals surface area contributed by atoms with E-state index in [-0.39, 0.29) is 18.7 Å². The van der Waals surface area contributed by atoms with Crippen molar-refractivity contribution in [1.82, 2.24) is 9.80 Å². The summed E-state index contributed by atoms with van der Waals surface area (Å²) in [5, 5.41) is 0. The molecule has 0 aromatic heterocycles. The van der Waals surface area contributed by atoms with Crippen LogP contribution in [0.3, 0.4) is 0 Å². The van der Waals surface area contributed by atoms with Crippen molar-refractivity contribution in [3.8, 4) is 11.5 Å². The van der Waals surface area contributed by atoms with Crippen LogP contribution < -0.4 is 9.47 Å². The van der Waals surface area contributed by atoms with E-state index in [0.29, 0.717) is 29.2 Å². The number of nitrogens with zero attached hydrogens (tertiary/aromatic N) is 2. The van der Waals surface area contributed by atoms with Gasteiger partial charge in [0.1, 0.15) is 0 Å². The molecule has 0 spiro atoms. The predicted molar refractivity (Wildman–Crippen MR) is 93.1 cm³/mol. The Bertz CT molecular complexity index is 650. The summed E-state index contributed by atoms with van der Waals surface area (Å²) in [4.78, 5) is 17.4. The maximum absolute atomic E-state index is 13.0. The number of hydrogen-bond donors (Lipinski definition) is 0. The van der Waals surface area contributed by atoms with Crippen molar-refractivity contribution in [1.29, 1.82) is 0 Å². The molecule has 3 atom stereocenters. The molecule has 0 bridgehead atoms. The molecule has 0 radical (unpaired) electrons. The Morgan fingerprint density at radius 3 is 2.88 bits per heavy atom. The summed E-state index contributed by atoms with van der Waals surface area (Å²) in [5.41, 5.74) is 0.661. The first-order valence-electron chi connectivity index (χ1n) is 9.11. The van der Waals surface area contributed by atoms with Crippen LogP contribution in [-0.2, 0) is 4.74 Å². The molecule has 1 aromatic carbocycles. The lowest BCUT2D eigenvalue weighted by atomic mass is 10.1. The maximum atomic E-state index is 13.0. The molecule has 136 valence electrons. The lowest BCUT2D eigenvalue weighted by Gasteiger charge is -2.35. The molecule has 1 amide bonds. The molecule has 25 heavy (non-hydrogen) atoms. The molecule has 1 aromatic rings. The second kappa shape index (κ2) is 6.84. The first-order valence-corrected chi connectivity index (χ1v) is 9.11. The summed E-state index contributed by atoms with van der Waals surface area (Å²) in [5.74, 6) is 1.42. The van der Waals surface area contributed by atoms with Crippen LogP contribution in [0.2, 0.25) is 0 Å². The Hall–Kier alpha value is -1.79. The molecule has 3 aliphatic rings. The monoisotopic (exact) mass is 346 g/mol. The number of carbonyl (C=O) groups excluding carboxylic acids is 1. The van der Waals surface area contributed by atoms with Gasteiger partial charge in [-0.2, -0.15) is 0 Å². The molecule has 1 saturated carbocycles. The smallest absolute Gasteiger partial charge is 0.254 e. The predicted octanol–water partition coefficient (Wildman–Crippen LogP) is 2.13. The number of rotatable bonds is 4. The van der Waals surface area contributed by atoms with Crippen molar-refractivity contribution in [2.45, 2.75) is 43.9 Å². The van der Waals surface area contributed by atoms with Crippen molar-refractivity contribution in [2.75, 3.05) is 34.0 Å². The third-order valence-corrected chi connectivity index (χ3v) is 5.86. The second-order valence-electron chi connectivity index (χ2n) is 7.19. The van der Waals surface area contributed by atoms with E-state index < -0.39 is 0 Å². The largest absolute Gasteiger partial charge is 0.454 e. The third kappa shape index (κ3) is 3.09. The minimum Gasteiger partial charge on any atom is -0.454 e. The fraction of sp³-hybridized carbons (Fsp3) is 0.632. The zero-order valence-corrected chi connectivity index (χ0v) is 14.9. The molecule has 1 unspecified atom stereocenters. The van der Waals surface area contributed by atoms with Crippen LogP contribution in [0.15, 0.2) is 18.2 Å². The molecule has 4 rings (SSSR count). The molecular weight excluding hydrogens is 320 g/mol. The zero-order chi connectivity index (χ0) is 17.4. The second-order valence-corrected chi connectivity index (χ2v) is 7.19. The Balaban J connectivity index is 1.47.